The lowest BCUT2D eigenvalue weighted by molar-refractivity contribution is 0.0225. The van der Waals surface area contributed by atoms with E-state index < -0.39 is 11.6 Å². The number of amides is 1. The highest BCUT2D eigenvalue weighted by molar-refractivity contribution is 7.12. The molecule has 4 rings (SSSR count). The average Bonchev–Trinajstić information content (AvgIpc) is 3.33. The molecule has 1 aromatic heterocycles. The van der Waals surface area contributed by atoms with Crippen LogP contribution >= 0.6 is 11.3 Å². The molecule has 2 aromatic rings. The molecule has 0 saturated heterocycles. The van der Waals surface area contributed by atoms with Crippen molar-refractivity contribution in [2.75, 3.05) is 6.54 Å². The number of carboxylic acid groups (broad SMARTS) is 1. The van der Waals surface area contributed by atoms with E-state index in [0.29, 0.717) is 18.7 Å². The number of hydrogen-bond donors (Lipinski definition) is 1. The molecule has 0 bridgehead atoms. The topological polar surface area (TPSA) is 79.7 Å². The minimum atomic E-state index is -0.914. The van der Waals surface area contributed by atoms with Crippen LogP contribution in [0.3, 0.4) is 0 Å². The second-order valence-corrected chi connectivity index (χ2v) is 9.59. The summed E-state index contributed by atoms with van der Waals surface area (Å²) in [7, 11) is 0. The molecule has 1 aliphatic heterocycles. The minimum Gasteiger partial charge on any atom is -0.478 e. The molecule has 1 aromatic carbocycles. The van der Waals surface area contributed by atoms with Gasteiger partial charge in [-0.2, -0.15) is 0 Å². The molecule has 148 valence electrons. The Balaban J connectivity index is 1.54. The molecular weight excluding hydrogens is 376 g/mol. The summed E-state index contributed by atoms with van der Waals surface area (Å²) in [5.41, 5.74) is 1.89. The van der Waals surface area contributed by atoms with Crippen molar-refractivity contribution in [3.05, 3.63) is 51.0 Å². The van der Waals surface area contributed by atoms with Gasteiger partial charge in [0.2, 0.25) is 0 Å². The molecule has 2 aliphatic rings. The van der Waals surface area contributed by atoms with E-state index in [4.69, 9.17) is 14.8 Å². The molecule has 28 heavy (non-hydrogen) atoms. The van der Waals surface area contributed by atoms with E-state index >= 15 is 0 Å². The van der Waals surface area contributed by atoms with Crippen molar-refractivity contribution >= 4 is 23.4 Å². The number of carboxylic acids is 1. The van der Waals surface area contributed by atoms with Gasteiger partial charge in [-0.25, -0.2) is 14.6 Å². The third-order valence-corrected chi connectivity index (χ3v) is 6.51. The molecule has 1 fully saturated rings. The first kappa shape index (κ1) is 18.9. The maximum Gasteiger partial charge on any atom is 0.410 e. The van der Waals surface area contributed by atoms with Gasteiger partial charge in [0.15, 0.2) is 0 Å². The van der Waals surface area contributed by atoms with Crippen LogP contribution < -0.4 is 0 Å². The zero-order valence-electron chi connectivity index (χ0n) is 16.3. The fraction of sp³-hybridized carbons (Fsp3) is 0.476. The van der Waals surface area contributed by atoms with Crippen LogP contribution in [0.25, 0.3) is 0 Å². The van der Waals surface area contributed by atoms with E-state index in [1.54, 1.807) is 28.4 Å². The number of aromatic nitrogens is 1. The maximum absolute atomic E-state index is 12.4. The predicted molar refractivity (Wildman–Crippen MR) is 106 cm³/mol. The molecule has 1 aliphatic carbocycles. The quantitative estimate of drug-likeness (QED) is 0.835. The summed E-state index contributed by atoms with van der Waals surface area (Å²) in [5.74, 6) is -0.914. The van der Waals surface area contributed by atoms with Gasteiger partial charge in [-0.3, -0.25) is 0 Å². The molecule has 0 spiro atoms. The second-order valence-electron chi connectivity index (χ2n) is 8.51. The third-order valence-electron chi connectivity index (χ3n) is 5.23. The minimum absolute atomic E-state index is 0.101. The first-order chi connectivity index (χ1) is 13.2. The molecule has 1 saturated carbocycles. The Morgan fingerprint density at radius 3 is 2.46 bits per heavy atom. The van der Waals surface area contributed by atoms with Gasteiger partial charge in [0.1, 0.15) is 10.6 Å². The summed E-state index contributed by atoms with van der Waals surface area (Å²) in [6.45, 7) is 6.77. The number of carbonyl (C=O) groups is 2. The Kier molecular flexibility index (Phi) is 4.45. The van der Waals surface area contributed by atoms with Gasteiger partial charge in [0, 0.05) is 23.3 Å². The van der Waals surface area contributed by atoms with Crippen molar-refractivity contribution in [3.8, 4) is 0 Å². The van der Waals surface area contributed by atoms with E-state index in [2.05, 4.69) is 0 Å². The summed E-state index contributed by atoms with van der Waals surface area (Å²) in [5, 5.41) is 10.2. The van der Waals surface area contributed by atoms with Crippen molar-refractivity contribution in [1.29, 1.82) is 0 Å². The number of carbonyl (C=O) groups excluding carboxylic acids is 1. The van der Waals surface area contributed by atoms with Crippen LogP contribution in [-0.4, -0.2) is 39.2 Å². The van der Waals surface area contributed by atoms with E-state index in [0.717, 1.165) is 40.4 Å². The van der Waals surface area contributed by atoms with Crippen molar-refractivity contribution in [2.45, 2.75) is 57.6 Å². The molecule has 2 heterocycles. The Hall–Kier alpha value is -2.41. The van der Waals surface area contributed by atoms with Crippen molar-refractivity contribution < 1.29 is 19.4 Å². The molecular formula is C21H24N2O4S. The number of rotatable bonds is 3. The molecule has 1 N–H and O–H groups in total. The highest BCUT2D eigenvalue weighted by Gasteiger charge is 2.49. The maximum atomic E-state index is 12.4. The first-order valence-corrected chi connectivity index (χ1v) is 10.3. The number of thiazole rings is 1. The van der Waals surface area contributed by atoms with Crippen molar-refractivity contribution in [2.24, 2.45) is 0 Å². The number of ether oxygens (including phenoxy) is 1. The molecule has 7 heteroatoms. The van der Waals surface area contributed by atoms with Crippen LogP contribution in [0.1, 0.15) is 65.1 Å². The highest BCUT2D eigenvalue weighted by Crippen LogP contribution is 2.55. The summed E-state index contributed by atoms with van der Waals surface area (Å²) < 4.78 is 5.50. The lowest BCUT2D eigenvalue weighted by Gasteiger charge is -2.29. The Bertz CT molecular complexity index is 923. The van der Waals surface area contributed by atoms with Gasteiger partial charge in [-0.05, 0) is 51.3 Å². The molecule has 0 atom stereocenters. The molecule has 1 amide bonds. The Morgan fingerprint density at radius 2 is 1.89 bits per heavy atom. The first-order valence-electron chi connectivity index (χ1n) is 9.49. The lowest BCUT2D eigenvalue weighted by atomic mass is 9.95. The van der Waals surface area contributed by atoms with Gasteiger partial charge in [-0.1, -0.05) is 12.1 Å². The van der Waals surface area contributed by atoms with Gasteiger partial charge in [0.05, 0.1) is 17.8 Å². The monoisotopic (exact) mass is 400 g/mol. The lowest BCUT2D eigenvalue weighted by Crippen LogP contribution is -2.39. The molecule has 0 radical (unpaired) electrons. The van der Waals surface area contributed by atoms with Gasteiger partial charge >= 0.3 is 12.1 Å². The van der Waals surface area contributed by atoms with Crippen LogP contribution in [-0.2, 0) is 23.1 Å². The van der Waals surface area contributed by atoms with E-state index in [-0.39, 0.29) is 11.5 Å². The van der Waals surface area contributed by atoms with Crippen LogP contribution in [0.2, 0.25) is 0 Å². The number of aromatic carboxylic acids is 1. The number of fused-ring (bicyclic) bond motifs is 1. The summed E-state index contributed by atoms with van der Waals surface area (Å²) in [4.78, 5) is 31.3. The highest BCUT2D eigenvalue weighted by atomic mass is 32.1. The number of nitrogens with zero attached hydrogens (tertiary/aromatic N) is 2. The van der Waals surface area contributed by atoms with Gasteiger partial charge in [0.25, 0.3) is 0 Å². The van der Waals surface area contributed by atoms with Crippen LogP contribution in [0.15, 0.2) is 24.3 Å². The SMILES string of the molecule is CC(C)(C)OC(=O)N1CCc2nc(C3(c4ccc(C(=O)O)cc4)CC3)sc2C1. The summed E-state index contributed by atoms with van der Waals surface area (Å²) >= 11 is 1.67. The van der Waals surface area contributed by atoms with Crippen LogP contribution in [0.4, 0.5) is 4.79 Å². The largest absolute Gasteiger partial charge is 0.478 e. The van der Waals surface area contributed by atoms with Crippen molar-refractivity contribution in [1.82, 2.24) is 9.88 Å². The predicted octanol–water partition coefficient (Wildman–Crippen LogP) is 4.21. The summed E-state index contributed by atoms with van der Waals surface area (Å²) in [6.07, 6.45) is 2.49. The van der Waals surface area contributed by atoms with Crippen LogP contribution in [0, 0.1) is 0 Å². The fourth-order valence-electron chi connectivity index (χ4n) is 3.57. The van der Waals surface area contributed by atoms with Gasteiger partial charge < -0.3 is 14.7 Å². The number of hydrogen-bond acceptors (Lipinski definition) is 5. The zero-order valence-corrected chi connectivity index (χ0v) is 17.1. The molecule has 0 unspecified atom stereocenters. The average molecular weight is 401 g/mol. The van der Waals surface area contributed by atoms with E-state index in [1.165, 1.54) is 0 Å². The van der Waals surface area contributed by atoms with Gasteiger partial charge in [-0.15, -0.1) is 11.3 Å². The zero-order chi connectivity index (χ0) is 20.1. The standard InChI is InChI=1S/C21H24N2O4S/c1-20(2,3)27-19(26)23-11-8-15-16(12-23)28-18(22-15)21(9-10-21)14-6-4-13(5-7-14)17(24)25/h4-7H,8-12H2,1-3H3,(H,24,25). The fourth-order valence-corrected chi connectivity index (χ4v) is 4.96. The second kappa shape index (κ2) is 6.58. The van der Waals surface area contributed by atoms with E-state index in [1.807, 2.05) is 32.9 Å². The smallest absolute Gasteiger partial charge is 0.410 e. The van der Waals surface area contributed by atoms with Crippen LogP contribution in [0.5, 0.6) is 0 Å². The Morgan fingerprint density at radius 1 is 1.21 bits per heavy atom. The normalized spacial score (nSPS) is 17.8. The summed E-state index contributed by atoms with van der Waals surface area (Å²) in [6, 6.07) is 7.14. The van der Waals surface area contributed by atoms with Crippen molar-refractivity contribution in [3.63, 3.8) is 0 Å². The molecule has 6 nitrogen and oxygen atoms in total. The van der Waals surface area contributed by atoms with E-state index in [9.17, 15) is 9.59 Å². The Labute approximate surface area is 168 Å². The third kappa shape index (κ3) is 3.51. The number of benzene rings is 1.